The molecule has 1 fully saturated rings. The predicted molar refractivity (Wildman–Crippen MR) is 81.4 cm³/mol. The molecule has 0 spiro atoms. The maximum absolute atomic E-state index is 11.7. The zero-order chi connectivity index (χ0) is 14.9. The van der Waals surface area contributed by atoms with Gasteiger partial charge in [0.1, 0.15) is 18.8 Å². The van der Waals surface area contributed by atoms with E-state index in [1.165, 1.54) is 4.90 Å². The fraction of sp³-hybridized carbons (Fsp3) is 0.438. The van der Waals surface area contributed by atoms with Gasteiger partial charge in [-0.2, -0.15) is 0 Å². The van der Waals surface area contributed by atoms with Crippen molar-refractivity contribution < 1.29 is 19.2 Å². The predicted octanol–water partition coefficient (Wildman–Crippen LogP) is -0.260. The lowest BCUT2D eigenvalue weighted by Crippen LogP contribution is -3.14. The molecule has 1 aromatic carbocycles. The molecule has 0 radical (unpaired) electrons. The Balaban J connectivity index is 1.69. The molecule has 0 aliphatic carbocycles. The van der Waals surface area contributed by atoms with E-state index in [4.69, 9.17) is 9.47 Å². The molecule has 1 saturated heterocycles. The van der Waals surface area contributed by atoms with Gasteiger partial charge in [-0.25, -0.2) is 0 Å². The van der Waals surface area contributed by atoms with Crippen molar-refractivity contribution in [1.82, 2.24) is 5.32 Å². The van der Waals surface area contributed by atoms with Gasteiger partial charge in [-0.05, 0) is 23.8 Å². The van der Waals surface area contributed by atoms with Crippen LogP contribution in [0.15, 0.2) is 30.3 Å². The Labute approximate surface area is 125 Å². The van der Waals surface area contributed by atoms with E-state index in [1.807, 2.05) is 24.3 Å². The fourth-order valence-corrected chi connectivity index (χ4v) is 2.22. The summed E-state index contributed by atoms with van der Waals surface area (Å²) in [5.41, 5.74) is 0.977. The van der Waals surface area contributed by atoms with E-state index in [-0.39, 0.29) is 5.91 Å². The number of nitrogens with one attached hydrogen (secondary N) is 2. The van der Waals surface area contributed by atoms with Gasteiger partial charge >= 0.3 is 0 Å². The minimum absolute atomic E-state index is 0.0570. The zero-order valence-corrected chi connectivity index (χ0v) is 12.4. The Bertz CT molecular complexity index is 465. The third kappa shape index (κ3) is 5.57. The monoisotopic (exact) mass is 291 g/mol. The van der Waals surface area contributed by atoms with Crippen LogP contribution in [0.4, 0.5) is 0 Å². The average molecular weight is 291 g/mol. The second kappa shape index (κ2) is 8.44. The molecule has 0 aromatic heterocycles. The summed E-state index contributed by atoms with van der Waals surface area (Å²) >= 11 is 0. The minimum atomic E-state index is -0.0570. The van der Waals surface area contributed by atoms with E-state index in [0.717, 1.165) is 44.2 Å². The smallest absolute Gasteiger partial charge is 0.244 e. The van der Waals surface area contributed by atoms with Crippen LogP contribution < -0.4 is 15.0 Å². The van der Waals surface area contributed by atoms with Gasteiger partial charge in [0.15, 0.2) is 0 Å². The number of rotatable bonds is 6. The Morgan fingerprint density at radius 2 is 2.05 bits per heavy atom. The van der Waals surface area contributed by atoms with E-state index in [1.54, 1.807) is 19.3 Å². The molecular weight excluding hydrogens is 268 g/mol. The first-order valence-electron chi connectivity index (χ1n) is 7.29. The van der Waals surface area contributed by atoms with Crippen molar-refractivity contribution in [2.75, 3.05) is 46.5 Å². The van der Waals surface area contributed by atoms with Gasteiger partial charge in [-0.1, -0.05) is 12.1 Å². The van der Waals surface area contributed by atoms with Crippen molar-refractivity contribution in [2.24, 2.45) is 0 Å². The molecule has 2 rings (SSSR count). The van der Waals surface area contributed by atoms with Crippen LogP contribution >= 0.6 is 0 Å². The SMILES string of the molecule is COc1ccc(/C=C/C(=O)NCC[NH+]2CCOCC2)cc1. The summed E-state index contributed by atoms with van der Waals surface area (Å²) in [5, 5.41) is 2.91. The molecule has 1 amide bonds. The van der Waals surface area contributed by atoms with Gasteiger partial charge in [0.05, 0.1) is 33.4 Å². The number of methoxy groups -OCH3 is 1. The molecule has 0 bridgehead atoms. The Morgan fingerprint density at radius 3 is 2.71 bits per heavy atom. The highest BCUT2D eigenvalue weighted by Gasteiger charge is 2.12. The molecule has 1 heterocycles. The summed E-state index contributed by atoms with van der Waals surface area (Å²) in [7, 11) is 1.63. The van der Waals surface area contributed by atoms with Crippen LogP contribution in [-0.4, -0.2) is 52.4 Å². The van der Waals surface area contributed by atoms with E-state index in [2.05, 4.69) is 5.32 Å². The third-order valence-corrected chi connectivity index (χ3v) is 3.52. The van der Waals surface area contributed by atoms with Crippen molar-refractivity contribution in [1.29, 1.82) is 0 Å². The molecule has 1 aliphatic heterocycles. The molecule has 0 atom stereocenters. The topological polar surface area (TPSA) is 52.0 Å². The van der Waals surface area contributed by atoms with Gasteiger partial charge in [0.25, 0.3) is 0 Å². The van der Waals surface area contributed by atoms with Crippen molar-refractivity contribution in [3.05, 3.63) is 35.9 Å². The maximum atomic E-state index is 11.7. The first-order chi connectivity index (χ1) is 10.3. The van der Waals surface area contributed by atoms with Crippen LogP contribution in [0.3, 0.4) is 0 Å². The Kier molecular flexibility index (Phi) is 6.24. The lowest BCUT2D eigenvalue weighted by Gasteiger charge is -2.23. The molecule has 5 heteroatoms. The van der Waals surface area contributed by atoms with Crippen molar-refractivity contribution in [2.45, 2.75) is 0 Å². The van der Waals surface area contributed by atoms with Gasteiger partial charge < -0.3 is 19.7 Å². The number of benzene rings is 1. The number of hydrogen-bond acceptors (Lipinski definition) is 3. The standard InChI is InChI=1S/C16H22N2O3/c1-20-15-5-2-14(3-6-15)4-7-16(19)17-8-9-18-10-12-21-13-11-18/h2-7H,8-13H2,1H3,(H,17,19)/p+1/b7-4+. The molecule has 21 heavy (non-hydrogen) atoms. The number of carbonyl (C=O) groups is 1. The minimum Gasteiger partial charge on any atom is -0.497 e. The first kappa shape index (κ1) is 15.5. The average Bonchev–Trinajstić information content (AvgIpc) is 2.54. The van der Waals surface area contributed by atoms with Crippen LogP contribution in [0, 0.1) is 0 Å². The highest BCUT2D eigenvalue weighted by Crippen LogP contribution is 2.11. The molecule has 5 nitrogen and oxygen atoms in total. The third-order valence-electron chi connectivity index (χ3n) is 3.52. The van der Waals surface area contributed by atoms with Gasteiger partial charge in [-0.3, -0.25) is 4.79 Å². The normalized spacial score (nSPS) is 16.0. The molecule has 0 saturated carbocycles. The largest absolute Gasteiger partial charge is 0.497 e. The molecule has 1 aliphatic rings. The Hall–Kier alpha value is -1.85. The fourth-order valence-electron chi connectivity index (χ4n) is 2.22. The second-order valence-electron chi connectivity index (χ2n) is 5.01. The van der Waals surface area contributed by atoms with Crippen LogP contribution in [0.1, 0.15) is 5.56 Å². The van der Waals surface area contributed by atoms with Crippen molar-refractivity contribution in [3.8, 4) is 5.75 Å². The zero-order valence-electron chi connectivity index (χ0n) is 12.4. The summed E-state index contributed by atoms with van der Waals surface area (Å²) in [5.74, 6) is 0.753. The van der Waals surface area contributed by atoms with Crippen LogP contribution in [0.2, 0.25) is 0 Å². The van der Waals surface area contributed by atoms with Gasteiger partial charge in [0.2, 0.25) is 5.91 Å². The highest BCUT2D eigenvalue weighted by atomic mass is 16.5. The Morgan fingerprint density at radius 1 is 1.33 bits per heavy atom. The summed E-state index contributed by atoms with van der Waals surface area (Å²) in [6, 6.07) is 7.58. The molecular formula is C16H23N2O3+. The molecule has 0 unspecified atom stereocenters. The van der Waals surface area contributed by atoms with Gasteiger partial charge in [0, 0.05) is 6.08 Å². The maximum Gasteiger partial charge on any atom is 0.244 e. The summed E-state index contributed by atoms with van der Waals surface area (Å²) < 4.78 is 10.4. The van der Waals surface area contributed by atoms with Gasteiger partial charge in [-0.15, -0.1) is 0 Å². The van der Waals surface area contributed by atoms with Crippen LogP contribution in [0.25, 0.3) is 6.08 Å². The molecule has 2 N–H and O–H groups in total. The highest BCUT2D eigenvalue weighted by molar-refractivity contribution is 5.91. The van der Waals surface area contributed by atoms with E-state index in [9.17, 15) is 4.79 Å². The van der Waals surface area contributed by atoms with E-state index in [0.29, 0.717) is 6.54 Å². The lowest BCUT2D eigenvalue weighted by atomic mass is 10.2. The molecule has 1 aromatic rings. The van der Waals surface area contributed by atoms with E-state index < -0.39 is 0 Å². The van der Waals surface area contributed by atoms with E-state index >= 15 is 0 Å². The van der Waals surface area contributed by atoms with Crippen LogP contribution in [-0.2, 0) is 9.53 Å². The quantitative estimate of drug-likeness (QED) is 0.710. The number of hydrogen-bond donors (Lipinski definition) is 2. The lowest BCUT2D eigenvalue weighted by molar-refractivity contribution is -0.906. The summed E-state index contributed by atoms with van der Waals surface area (Å²) in [6.07, 6.45) is 3.37. The number of morpholine rings is 1. The summed E-state index contributed by atoms with van der Waals surface area (Å²) in [4.78, 5) is 13.2. The number of carbonyl (C=O) groups excluding carboxylic acids is 1. The van der Waals surface area contributed by atoms with Crippen molar-refractivity contribution in [3.63, 3.8) is 0 Å². The number of amides is 1. The number of quaternary nitrogens is 1. The molecule has 114 valence electrons. The van der Waals surface area contributed by atoms with Crippen molar-refractivity contribution >= 4 is 12.0 Å². The number of ether oxygens (including phenoxy) is 2. The van der Waals surface area contributed by atoms with Crippen LogP contribution in [0.5, 0.6) is 5.75 Å². The second-order valence-corrected chi connectivity index (χ2v) is 5.01. The summed E-state index contributed by atoms with van der Waals surface area (Å²) in [6.45, 7) is 5.34. The first-order valence-corrected chi connectivity index (χ1v) is 7.29.